The van der Waals surface area contributed by atoms with Crippen LogP contribution in [0.25, 0.3) is 0 Å². The Bertz CT molecular complexity index is 282. The van der Waals surface area contributed by atoms with Crippen molar-refractivity contribution in [2.75, 3.05) is 33.2 Å². The van der Waals surface area contributed by atoms with Crippen molar-refractivity contribution in [3.05, 3.63) is 18.0 Å². The quantitative estimate of drug-likeness (QED) is 0.712. The lowest BCUT2D eigenvalue weighted by Gasteiger charge is -2.20. The number of nitrogens with zero attached hydrogens (tertiary/aromatic N) is 3. The molecule has 0 aliphatic carbocycles. The Labute approximate surface area is 98.6 Å². The highest BCUT2D eigenvalue weighted by Gasteiger charge is 2.04. The zero-order valence-electron chi connectivity index (χ0n) is 10.7. The highest BCUT2D eigenvalue weighted by Crippen LogP contribution is 2.00. The first kappa shape index (κ1) is 13.2. The number of rotatable bonds is 8. The van der Waals surface area contributed by atoms with E-state index in [0.29, 0.717) is 0 Å². The molecule has 0 fully saturated rings. The Morgan fingerprint density at radius 1 is 1.38 bits per heavy atom. The fourth-order valence-electron chi connectivity index (χ4n) is 1.81. The molecule has 0 saturated carbocycles. The second kappa shape index (κ2) is 7.41. The molecule has 0 amide bonds. The van der Waals surface area contributed by atoms with Gasteiger partial charge in [-0.15, -0.1) is 0 Å². The van der Waals surface area contributed by atoms with Gasteiger partial charge in [0.1, 0.15) is 0 Å². The summed E-state index contributed by atoms with van der Waals surface area (Å²) in [6.45, 7) is 6.73. The fourth-order valence-corrected chi connectivity index (χ4v) is 1.81. The fraction of sp³-hybridized carbons (Fsp3) is 0.750. The monoisotopic (exact) mass is 224 g/mol. The Morgan fingerprint density at radius 3 is 2.75 bits per heavy atom. The second-order valence-electron chi connectivity index (χ2n) is 4.22. The number of aryl methyl sites for hydroxylation is 1. The van der Waals surface area contributed by atoms with Crippen LogP contribution in [0.3, 0.4) is 0 Å². The van der Waals surface area contributed by atoms with Crippen molar-refractivity contribution in [3.63, 3.8) is 0 Å². The number of nitrogens with one attached hydrogen (secondary N) is 1. The van der Waals surface area contributed by atoms with Crippen molar-refractivity contribution in [2.45, 2.75) is 19.8 Å². The van der Waals surface area contributed by atoms with Gasteiger partial charge in [0, 0.05) is 32.9 Å². The predicted molar refractivity (Wildman–Crippen MR) is 67.6 cm³/mol. The molecule has 1 aromatic heterocycles. The van der Waals surface area contributed by atoms with Gasteiger partial charge in [0.25, 0.3) is 0 Å². The zero-order chi connectivity index (χ0) is 11.8. The molecule has 0 unspecified atom stereocenters. The molecule has 0 bridgehead atoms. The Balaban J connectivity index is 2.30. The molecule has 4 heteroatoms. The summed E-state index contributed by atoms with van der Waals surface area (Å²) in [7, 11) is 3.97. The van der Waals surface area contributed by atoms with Crippen molar-refractivity contribution in [1.29, 1.82) is 0 Å². The molecule has 1 aromatic rings. The lowest BCUT2D eigenvalue weighted by Crippen LogP contribution is -2.33. The number of likely N-dealkylation sites (N-methyl/N-ethyl adjacent to an activating group) is 1. The summed E-state index contributed by atoms with van der Waals surface area (Å²) in [6.07, 6.45) is 6.37. The molecule has 0 spiro atoms. The average Bonchev–Trinajstić information content (AvgIpc) is 2.68. The summed E-state index contributed by atoms with van der Waals surface area (Å²) in [5.74, 6) is 0. The van der Waals surface area contributed by atoms with Crippen molar-refractivity contribution >= 4 is 0 Å². The third kappa shape index (κ3) is 4.77. The molecule has 0 saturated heterocycles. The van der Waals surface area contributed by atoms with Crippen molar-refractivity contribution in [3.8, 4) is 0 Å². The van der Waals surface area contributed by atoms with Gasteiger partial charge in [-0.2, -0.15) is 5.10 Å². The molecule has 0 radical (unpaired) electrons. The van der Waals surface area contributed by atoms with Gasteiger partial charge in [-0.25, -0.2) is 0 Å². The van der Waals surface area contributed by atoms with E-state index < -0.39 is 0 Å². The van der Waals surface area contributed by atoms with Crippen molar-refractivity contribution in [2.24, 2.45) is 7.05 Å². The highest BCUT2D eigenvalue weighted by molar-refractivity contribution is 5.03. The molecule has 0 aromatic carbocycles. The molecule has 1 N–H and O–H groups in total. The first-order valence-electron chi connectivity index (χ1n) is 6.10. The Morgan fingerprint density at radius 2 is 2.19 bits per heavy atom. The van der Waals surface area contributed by atoms with Crippen LogP contribution in [-0.4, -0.2) is 47.9 Å². The molecule has 0 aliphatic heterocycles. The van der Waals surface area contributed by atoms with Crippen LogP contribution >= 0.6 is 0 Å². The van der Waals surface area contributed by atoms with Crippen molar-refractivity contribution in [1.82, 2.24) is 20.0 Å². The van der Waals surface area contributed by atoms with Gasteiger partial charge in [-0.05, 0) is 32.0 Å². The second-order valence-corrected chi connectivity index (χ2v) is 4.22. The smallest absolute Gasteiger partial charge is 0.0522 e. The molecule has 1 heterocycles. The predicted octanol–water partition coefficient (Wildman–Crippen LogP) is 0.894. The van der Waals surface area contributed by atoms with Crippen LogP contribution in [0.5, 0.6) is 0 Å². The summed E-state index contributed by atoms with van der Waals surface area (Å²) in [6, 6.07) is 0. The minimum Gasteiger partial charge on any atom is -0.318 e. The minimum atomic E-state index is 1.06. The summed E-state index contributed by atoms with van der Waals surface area (Å²) in [5, 5.41) is 7.39. The Hall–Kier alpha value is -0.870. The van der Waals surface area contributed by atoms with E-state index in [1.807, 2.05) is 25.0 Å². The van der Waals surface area contributed by atoms with Gasteiger partial charge >= 0.3 is 0 Å². The average molecular weight is 224 g/mol. The van der Waals surface area contributed by atoms with Crippen LogP contribution in [0.15, 0.2) is 12.4 Å². The third-order valence-electron chi connectivity index (χ3n) is 2.69. The third-order valence-corrected chi connectivity index (χ3v) is 2.69. The maximum Gasteiger partial charge on any atom is 0.0522 e. The van der Waals surface area contributed by atoms with Crippen LogP contribution in [0, 0.1) is 0 Å². The topological polar surface area (TPSA) is 33.1 Å². The van der Waals surface area contributed by atoms with Crippen LogP contribution in [-0.2, 0) is 13.5 Å². The van der Waals surface area contributed by atoms with E-state index >= 15 is 0 Å². The first-order chi connectivity index (χ1) is 7.76. The maximum atomic E-state index is 4.19. The van der Waals surface area contributed by atoms with Crippen LogP contribution < -0.4 is 5.32 Å². The van der Waals surface area contributed by atoms with Gasteiger partial charge in [0.2, 0.25) is 0 Å². The van der Waals surface area contributed by atoms with Gasteiger partial charge < -0.3 is 10.2 Å². The Kier molecular flexibility index (Phi) is 6.11. The summed E-state index contributed by atoms with van der Waals surface area (Å²) >= 11 is 0. The van der Waals surface area contributed by atoms with E-state index in [0.717, 1.165) is 26.1 Å². The number of hydrogen-bond donors (Lipinski definition) is 1. The van der Waals surface area contributed by atoms with Crippen LogP contribution in [0.4, 0.5) is 0 Å². The van der Waals surface area contributed by atoms with Crippen LogP contribution in [0.1, 0.15) is 18.9 Å². The molecule has 1 rings (SSSR count). The van der Waals surface area contributed by atoms with E-state index in [1.54, 1.807) is 0 Å². The molecule has 4 nitrogen and oxygen atoms in total. The molecule has 16 heavy (non-hydrogen) atoms. The molecular formula is C12H24N4. The van der Waals surface area contributed by atoms with Gasteiger partial charge in [-0.1, -0.05) is 6.92 Å². The molecule has 92 valence electrons. The maximum absolute atomic E-state index is 4.19. The summed E-state index contributed by atoms with van der Waals surface area (Å²) in [4.78, 5) is 2.50. The molecular weight excluding hydrogens is 200 g/mol. The first-order valence-corrected chi connectivity index (χ1v) is 6.10. The van der Waals surface area contributed by atoms with Crippen LogP contribution in [0.2, 0.25) is 0 Å². The van der Waals surface area contributed by atoms with E-state index in [1.165, 1.54) is 18.5 Å². The lowest BCUT2D eigenvalue weighted by atomic mass is 10.2. The number of aromatic nitrogens is 2. The SMILES string of the molecule is CCCN(CCNC)CCc1cnn(C)c1. The van der Waals surface area contributed by atoms with E-state index in [4.69, 9.17) is 0 Å². The van der Waals surface area contributed by atoms with E-state index in [2.05, 4.69) is 28.4 Å². The largest absolute Gasteiger partial charge is 0.318 e. The van der Waals surface area contributed by atoms with Gasteiger partial charge in [0.15, 0.2) is 0 Å². The number of hydrogen-bond acceptors (Lipinski definition) is 3. The highest BCUT2D eigenvalue weighted by atomic mass is 15.2. The summed E-state index contributed by atoms with van der Waals surface area (Å²) in [5.41, 5.74) is 1.33. The van der Waals surface area contributed by atoms with E-state index in [9.17, 15) is 0 Å². The lowest BCUT2D eigenvalue weighted by molar-refractivity contribution is 0.279. The van der Waals surface area contributed by atoms with Gasteiger partial charge in [-0.3, -0.25) is 4.68 Å². The van der Waals surface area contributed by atoms with E-state index in [-0.39, 0.29) is 0 Å². The summed E-state index contributed by atoms with van der Waals surface area (Å²) < 4.78 is 1.87. The molecule has 0 aliphatic rings. The zero-order valence-corrected chi connectivity index (χ0v) is 10.7. The standard InChI is InChI=1S/C12H24N4/c1-4-7-16(9-6-13-2)8-5-12-10-14-15(3)11-12/h10-11,13H,4-9H2,1-3H3. The molecule has 0 atom stereocenters. The normalized spacial score (nSPS) is 11.2. The van der Waals surface area contributed by atoms with Crippen molar-refractivity contribution < 1.29 is 0 Å². The minimum absolute atomic E-state index is 1.06. The van der Waals surface area contributed by atoms with Gasteiger partial charge in [0.05, 0.1) is 6.20 Å².